The van der Waals surface area contributed by atoms with Crippen molar-refractivity contribution in [3.63, 3.8) is 0 Å². The van der Waals surface area contributed by atoms with Gasteiger partial charge in [0.25, 0.3) is 0 Å². The molecule has 0 aromatic heterocycles. The van der Waals surface area contributed by atoms with Crippen molar-refractivity contribution < 1.29 is 58.0 Å². The van der Waals surface area contributed by atoms with Gasteiger partial charge in [0.05, 0.1) is 96.1 Å². The highest BCUT2D eigenvalue weighted by Crippen LogP contribution is 2.43. The zero-order chi connectivity index (χ0) is 45.1. The summed E-state index contributed by atoms with van der Waals surface area (Å²) < 4.78 is 56.4. The second kappa shape index (κ2) is 27.0. The molecule has 0 radical (unpaired) electrons. The molecule has 344 valence electrons. The van der Waals surface area contributed by atoms with Gasteiger partial charge in [0, 0.05) is 33.7 Å². The van der Waals surface area contributed by atoms with Crippen molar-refractivity contribution >= 4 is 0 Å². The molecular formula is C49H76O12. The molecule has 3 rings (SSSR count). The summed E-state index contributed by atoms with van der Waals surface area (Å²) in [6.45, 7) is 25.4. The van der Waals surface area contributed by atoms with Crippen LogP contribution in [0, 0.1) is 0 Å². The lowest BCUT2D eigenvalue weighted by molar-refractivity contribution is 0.0583. The number of rotatable bonds is 30. The lowest BCUT2D eigenvalue weighted by Crippen LogP contribution is -2.17. The summed E-state index contributed by atoms with van der Waals surface area (Å²) >= 11 is 0. The number of aliphatic hydroxyl groups excluding tert-OH is 3. The molecule has 0 spiro atoms. The molecule has 3 N–H and O–H groups in total. The number of hydrogen-bond donors (Lipinski definition) is 3. The first-order valence-corrected chi connectivity index (χ1v) is 22.0. The first-order valence-electron chi connectivity index (χ1n) is 22.0. The quantitative estimate of drug-likeness (QED) is 0.0553. The molecule has 61 heavy (non-hydrogen) atoms. The predicted octanol–water partition coefficient (Wildman–Crippen LogP) is 8.53. The van der Waals surface area contributed by atoms with E-state index < -0.39 is 5.92 Å². The van der Waals surface area contributed by atoms with E-state index in [9.17, 15) is 15.3 Å². The van der Waals surface area contributed by atoms with Crippen molar-refractivity contribution in [3.05, 3.63) is 86.5 Å². The van der Waals surface area contributed by atoms with Crippen LogP contribution < -0.4 is 14.2 Å². The zero-order valence-electron chi connectivity index (χ0n) is 39.0. The molecular weight excluding hydrogens is 781 g/mol. The molecule has 3 aromatic carbocycles. The first kappa shape index (κ1) is 52.0. The minimum absolute atomic E-state index is 0.0501. The fraction of sp³-hybridized carbons (Fsp3) is 0.633. The lowest BCUT2D eigenvalue weighted by Gasteiger charge is -2.29. The molecule has 0 heterocycles. The van der Waals surface area contributed by atoms with Crippen LogP contribution in [0.2, 0.25) is 0 Å². The third-order valence-corrected chi connectivity index (χ3v) is 9.29. The molecule has 0 saturated heterocycles. The van der Waals surface area contributed by atoms with Crippen molar-refractivity contribution in [3.8, 4) is 17.2 Å². The molecule has 0 aliphatic rings. The monoisotopic (exact) mass is 857 g/mol. The molecule has 0 unspecified atom stereocenters. The van der Waals surface area contributed by atoms with E-state index in [1.807, 2.05) is 89.2 Å². The normalized spacial score (nSPS) is 12.1. The summed E-state index contributed by atoms with van der Waals surface area (Å²) in [5.74, 6) is 1.39. The summed E-state index contributed by atoms with van der Waals surface area (Å²) in [6.07, 6.45) is -0.363. The Morgan fingerprint density at radius 2 is 0.656 bits per heavy atom. The van der Waals surface area contributed by atoms with E-state index in [0.29, 0.717) is 17.2 Å². The van der Waals surface area contributed by atoms with E-state index in [2.05, 4.69) is 30.3 Å². The van der Waals surface area contributed by atoms with E-state index in [0.717, 1.165) is 50.1 Å². The smallest absolute Gasteiger partial charge is 0.130 e. The van der Waals surface area contributed by atoms with E-state index in [1.54, 1.807) is 0 Å². The molecule has 0 fully saturated rings. The third-order valence-electron chi connectivity index (χ3n) is 9.29. The second-order valence-corrected chi connectivity index (χ2v) is 16.8. The molecule has 0 amide bonds. The third kappa shape index (κ3) is 17.4. The maximum absolute atomic E-state index is 9.89. The summed E-state index contributed by atoms with van der Waals surface area (Å²) in [5, 5.41) is 29.6. The molecule has 0 atom stereocenters. The molecule has 0 aliphatic carbocycles. The van der Waals surface area contributed by atoms with E-state index >= 15 is 0 Å². The van der Waals surface area contributed by atoms with Crippen LogP contribution in [-0.2, 0) is 68.1 Å². The minimum atomic E-state index is -0.444. The highest BCUT2D eigenvalue weighted by atomic mass is 16.5. The average molecular weight is 857 g/mol. The number of benzene rings is 3. The van der Waals surface area contributed by atoms with Crippen LogP contribution >= 0.6 is 0 Å². The van der Waals surface area contributed by atoms with Gasteiger partial charge in [-0.25, -0.2) is 0 Å². The van der Waals surface area contributed by atoms with Gasteiger partial charge >= 0.3 is 0 Å². The Balaban J connectivity index is 2.64. The van der Waals surface area contributed by atoms with Gasteiger partial charge in [0.1, 0.15) is 37.1 Å². The van der Waals surface area contributed by atoms with E-state index in [1.165, 1.54) is 0 Å². The van der Waals surface area contributed by atoms with Crippen LogP contribution in [0.5, 0.6) is 17.2 Å². The van der Waals surface area contributed by atoms with Crippen LogP contribution in [-0.4, -0.2) is 91.6 Å². The highest BCUT2D eigenvalue weighted by Gasteiger charge is 2.28. The Bertz CT molecular complexity index is 1570. The standard InChI is InChI=1S/C49H76O12/c1-31(2)56-25-39-24-46(53-16-13-50)40(26-57-32(3)4)23-45(39)47(37-19-41(27-58-33(5)6)48(54-17-14-51)42(20-37)28-59-34(7)8)38-21-43(29-60-35(9)10)49(55-18-15-52)44(22-38)30-61-36(11)12/h19-24,31-36,47,50-52H,13-18,25-30H2,1-12H3. The fourth-order valence-corrected chi connectivity index (χ4v) is 6.56. The van der Waals surface area contributed by atoms with Crippen LogP contribution in [0.25, 0.3) is 0 Å². The minimum Gasteiger partial charge on any atom is -0.491 e. The molecule has 0 saturated carbocycles. The molecule has 12 nitrogen and oxygen atoms in total. The van der Waals surface area contributed by atoms with Crippen molar-refractivity contribution in [1.82, 2.24) is 0 Å². The van der Waals surface area contributed by atoms with Crippen molar-refractivity contribution in [2.24, 2.45) is 0 Å². The Labute approximate surface area is 365 Å². The SMILES string of the molecule is CC(C)OCc1cc(C(c2cc(COC(C)C)c(OCCO)c(COC(C)C)c2)c2cc(COC(C)C)c(OCCO)c(COC(C)C)c2)c(COC(C)C)cc1OCCO. The van der Waals surface area contributed by atoms with Gasteiger partial charge in [-0.2, -0.15) is 0 Å². The predicted molar refractivity (Wildman–Crippen MR) is 238 cm³/mol. The Morgan fingerprint density at radius 3 is 0.967 bits per heavy atom. The van der Waals surface area contributed by atoms with Crippen LogP contribution in [0.15, 0.2) is 36.4 Å². The average Bonchev–Trinajstić information content (AvgIpc) is 3.20. The Kier molecular flexibility index (Phi) is 23.0. The maximum atomic E-state index is 9.89. The summed E-state index contributed by atoms with van der Waals surface area (Å²) in [6, 6.07) is 12.6. The topological polar surface area (TPSA) is 144 Å². The number of ether oxygens (including phenoxy) is 9. The molecule has 0 bridgehead atoms. The highest BCUT2D eigenvalue weighted by molar-refractivity contribution is 5.57. The Morgan fingerprint density at radius 1 is 0.361 bits per heavy atom. The first-order chi connectivity index (χ1) is 29.1. The summed E-state index contributed by atoms with van der Waals surface area (Å²) in [4.78, 5) is 0. The van der Waals surface area contributed by atoms with E-state index in [4.69, 9.17) is 42.6 Å². The van der Waals surface area contributed by atoms with Crippen molar-refractivity contribution in [1.29, 1.82) is 0 Å². The van der Waals surface area contributed by atoms with Gasteiger partial charge in [0.2, 0.25) is 0 Å². The molecule has 12 heteroatoms. The Hall–Kier alpha value is -3.30. The maximum Gasteiger partial charge on any atom is 0.130 e. The summed E-state index contributed by atoms with van der Waals surface area (Å²) in [7, 11) is 0. The number of aliphatic hydroxyl groups is 3. The second-order valence-electron chi connectivity index (χ2n) is 16.8. The van der Waals surface area contributed by atoms with Gasteiger partial charge in [-0.05, 0) is 142 Å². The van der Waals surface area contributed by atoms with E-state index in [-0.39, 0.29) is 116 Å². The fourth-order valence-electron chi connectivity index (χ4n) is 6.56. The molecule has 0 aliphatic heterocycles. The van der Waals surface area contributed by atoms with Gasteiger partial charge in [0.15, 0.2) is 0 Å². The van der Waals surface area contributed by atoms with Crippen LogP contribution in [0.1, 0.15) is 139 Å². The van der Waals surface area contributed by atoms with Gasteiger partial charge in [-0.3, -0.25) is 0 Å². The summed E-state index contributed by atoms with van der Waals surface area (Å²) in [5.41, 5.74) is 7.77. The van der Waals surface area contributed by atoms with Gasteiger partial charge in [-0.1, -0.05) is 0 Å². The lowest BCUT2D eigenvalue weighted by atomic mass is 9.79. The van der Waals surface area contributed by atoms with Gasteiger partial charge in [-0.15, -0.1) is 0 Å². The van der Waals surface area contributed by atoms with Crippen LogP contribution in [0.4, 0.5) is 0 Å². The molecule has 3 aromatic rings. The van der Waals surface area contributed by atoms with Crippen molar-refractivity contribution in [2.45, 2.75) is 165 Å². The number of hydrogen-bond acceptors (Lipinski definition) is 12. The van der Waals surface area contributed by atoms with Crippen molar-refractivity contribution in [2.75, 3.05) is 39.6 Å². The zero-order valence-corrected chi connectivity index (χ0v) is 39.0. The van der Waals surface area contributed by atoms with Gasteiger partial charge < -0.3 is 58.0 Å². The van der Waals surface area contributed by atoms with Crippen LogP contribution in [0.3, 0.4) is 0 Å². The largest absolute Gasteiger partial charge is 0.491 e.